The van der Waals surface area contributed by atoms with Crippen molar-refractivity contribution in [3.05, 3.63) is 48.2 Å². The van der Waals surface area contributed by atoms with E-state index in [0.717, 1.165) is 69.4 Å². The molecule has 0 unspecified atom stereocenters. The van der Waals surface area contributed by atoms with Crippen LogP contribution in [0.25, 0.3) is 0 Å². The number of benzene rings is 1. The van der Waals surface area contributed by atoms with E-state index in [9.17, 15) is 5.26 Å². The van der Waals surface area contributed by atoms with Crippen LogP contribution in [0.1, 0.15) is 5.56 Å². The summed E-state index contributed by atoms with van der Waals surface area (Å²) in [5.41, 5.74) is 1.82. The summed E-state index contributed by atoms with van der Waals surface area (Å²) < 4.78 is 0. The predicted octanol–water partition coefficient (Wildman–Crippen LogP) is 1.21. The summed E-state index contributed by atoms with van der Waals surface area (Å²) in [7, 11) is 0. The summed E-state index contributed by atoms with van der Waals surface area (Å²) in [6.07, 6.45) is 1.71. The van der Waals surface area contributed by atoms with Crippen molar-refractivity contribution in [2.45, 2.75) is 0 Å². The van der Waals surface area contributed by atoms with Gasteiger partial charge in [0.25, 0.3) is 0 Å². The van der Waals surface area contributed by atoms with Gasteiger partial charge in [-0.15, -0.1) is 5.10 Å². The molecular weight excluding hydrogens is 326 g/mol. The second-order valence-corrected chi connectivity index (χ2v) is 6.59. The SMILES string of the molecule is N#Cc1ccccc1N1CCN(N2CCN(c3cccnn3)CC2)CC1. The number of hydrogen-bond donors (Lipinski definition) is 0. The summed E-state index contributed by atoms with van der Waals surface area (Å²) in [5, 5.41) is 22.4. The van der Waals surface area contributed by atoms with E-state index in [1.54, 1.807) is 6.20 Å². The number of para-hydroxylation sites is 1. The smallest absolute Gasteiger partial charge is 0.151 e. The van der Waals surface area contributed by atoms with Crippen LogP contribution in [0.3, 0.4) is 0 Å². The minimum atomic E-state index is 0.763. The topological polar surface area (TPSA) is 62.5 Å². The van der Waals surface area contributed by atoms with Crippen molar-refractivity contribution in [1.29, 1.82) is 5.26 Å². The van der Waals surface area contributed by atoms with Crippen molar-refractivity contribution in [1.82, 2.24) is 20.2 Å². The first-order valence-corrected chi connectivity index (χ1v) is 9.12. The molecule has 0 amide bonds. The Morgan fingerprint density at radius 1 is 0.769 bits per heavy atom. The zero-order valence-corrected chi connectivity index (χ0v) is 14.8. The standard InChI is InChI=1S/C19H23N7/c20-16-17-4-1-2-5-18(17)23-8-12-25(13-9-23)26-14-10-24(11-15-26)19-6-3-7-21-22-19/h1-7H,8-15H2. The lowest BCUT2D eigenvalue weighted by molar-refractivity contribution is -0.0332. The Hall–Kier alpha value is -2.69. The van der Waals surface area contributed by atoms with E-state index in [1.165, 1.54) is 0 Å². The van der Waals surface area contributed by atoms with Crippen molar-refractivity contribution in [3.8, 4) is 6.07 Å². The molecule has 1 aromatic carbocycles. The highest BCUT2D eigenvalue weighted by Gasteiger charge is 2.26. The first-order valence-electron chi connectivity index (χ1n) is 9.12. The second-order valence-electron chi connectivity index (χ2n) is 6.59. The molecule has 0 radical (unpaired) electrons. The molecule has 3 heterocycles. The van der Waals surface area contributed by atoms with Gasteiger partial charge in [0.1, 0.15) is 6.07 Å². The average molecular weight is 349 g/mol. The molecule has 134 valence electrons. The summed E-state index contributed by atoms with van der Waals surface area (Å²) in [6.45, 7) is 7.82. The fourth-order valence-electron chi connectivity index (χ4n) is 3.73. The number of aromatic nitrogens is 2. The zero-order chi connectivity index (χ0) is 17.8. The molecule has 26 heavy (non-hydrogen) atoms. The molecule has 0 bridgehead atoms. The molecule has 2 aromatic rings. The Morgan fingerprint density at radius 3 is 2.04 bits per heavy atom. The van der Waals surface area contributed by atoms with Gasteiger partial charge < -0.3 is 9.80 Å². The van der Waals surface area contributed by atoms with Crippen LogP contribution in [0.5, 0.6) is 0 Å². The molecule has 2 aliphatic heterocycles. The molecule has 7 heteroatoms. The molecule has 0 atom stereocenters. The van der Waals surface area contributed by atoms with Crippen molar-refractivity contribution in [2.75, 3.05) is 62.2 Å². The molecule has 2 fully saturated rings. The van der Waals surface area contributed by atoms with E-state index >= 15 is 0 Å². The summed E-state index contributed by atoms with van der Waals surface area (Å²) in [5.74, 6) is 0.963. The quantitative estimate of drug-likeness (QED) is 0.825. The third-order valence-corrected chi connectivity index (χ3v) is 5.16. The molecule has 4 rings (SSSR count). The Labute approximate surface area is 154 Å². The van der Waals surface area contributed by atoms with Crippen LogP contribution in [0.2, 0.25) is 0 Å². The van der Waals surface area contributed by atoms with Gasteiger partial charge in [0.15, 0.2) is 5.82 Å². The van der Waals surface area contributed by atoms with Crippen LogP contribution in [-0.4, -0.2) is 72.6 Å². The Kier molecular flexibility index (Phi) is 4.95. The van der Waals surface area contributed by atoms with Crippen LogP contribution < -0.4 is 9.80 Å². The number of hydrogen-bond acceptors (Lipinski definition) is 7. The third kappa shape index (κ3) is 3.47. The first-order chi connectivity index (χ1) is 12.8. The Morgan fingerprint density at radius 2 is 1.42 bits per heavy atom. The van der Waals surface area contributed by atoms with Gasteiger partial charge in [-0.25, -0.2) is 10.0 Å². The van der Waals surface area contributed by atoms with Crippen LogP contribution in [0.4, 0.5) is 11.5 Å². The number of nitrogens with zero attached hydrogens (tertiary/aromatic N) is 7. The van der Waals surface area contributed by atoms with Crippen LogP contribution in [0, 0.1) is 11.3 Å². The minimum absolute atomic E-state index is 0.763. The summed E-state index contributed by atoms with van der Waals surface area (Å²) >= 11 is 0. The van der Waals surface area contributed by atoms with Gasteiger partial charge in [-0.1, -0.05) is 12.1 Å². The number of rotatable bonds is 3. The molecule has 2 aliphatic rings. The van der Waals surface area contributed by atoms with Crippen LogP contribution in [0.15, 0.2) is 42.6 Å². The largest absolute Gasteiger partial charge is 0.368 e. The van der Waals surface area contributed by atoms with Crippen LogP contribution in [-0.2, 0) is 0 Å². The highest BCUT2D eigenvalue weighted by Crippen LogP contribution is 2.22. The van der Waals surface area contributed by atoms with E-state index in [0.29, 0.717) is 0 Å². The fraction of sp³-hybridized carbons (Fsp3) is 0.421. The molecule has 0 saturated carbocycles. The first kappa shape index (κ1) is 16.8. The Bertz CT molecular complexity index is 757. The van der Waals surface area contributed by atoms with Gasteiger partial charge in [0.05, 0.1) is 11.3 Å². The van der Waals surface area contributed by atoms with Crippen LogP contribution >= 0.6 is 0 Å². The lowest BCUT2D eigenvalue weighted by Crippen LogP contribution is -2.59. The van der Waals surface area contributed by atoms with Crippen molar-refractivity contribution in [3.63, 3.8) is 0 Å². The van der Waals surface area contributed by atoms with E-state index in [1.807, 2.05) is 36.4 Å². The maximum absolute atomic E-state index is 9.31. The van der Waals surface area contributed by atoms with Gasteiger partial charge in [0, 0.05) is 58.6 Å². The molecule has 0 N–H and O–H groups in total. The van der Waals surface area contributed by atoms with Gasteiger partial charge >= 0.3 is 0 Å². The lowest BCUT2D eigenvalue weighted by atomic mass is 10.1. The number of piperazine rings is 2. The number of anilines is 2. The van der Waals surface area contributed by atoms with Gasteiger partial charge in [0.2, 0.25) is 0 Å². The number of hydrazine groups is 1. The predicted molar refractivity (Wildman–Crippen MR) is 101 cm³/mol. The zero-order valence-electron chi connectivity index (χ0n) is 14.8. The molecule has 2 saturated heterocycles. The van der Waals surface area contributed by atoms with E-state index in [4.69, 9.17) is 0 Å². The Balaban J connectivity index is 1.31. The number of nitriles is 1. The molecular formula is C19H23N7. The average Bonchev–Trinajstić information content (AvgIpc) is 2.74. The highest BCUT2D eigenvalue weighted by molar-refractivity contribution is 5.59. The molecule has 0 aliphatic carbocycles. The monoisotopic (exact) mass is 349 g/mol. The fourth-order valence-corrected chi connectivity index (χ4v) is 3.73. The lowest BCUT2D eigenvalue weighted by Gasteiger charge is -2.45. The van der Waals surface area contributed by atoms with Gasteiger partial charge in [-0.05, 0) is 24.3 Å². The second kappa shape index (κ2) is 7.68. The third-order valence-electron chi connectivity index (χ3n) is 5.16. The normalized spacial score (nSPS) is 19.3. The van der Waals surface area contributed by atoms with Crippen molar-refractivity contribution < 1.29 is 0 Å². The maximum Gasteiger partial charge on any atom is 0.151 e. The minimum Gasteiger partial charge on any atom is -0.368 e. The van der Waals surface area contributed by atoms with E-state index in [2.05, 4.69) is 36.1 Å². The van der Waals surface area contributed by atoms with E-state index < -0.39 is 0 Å². The maximum atomic E-state index is 9.31. The summed E-state index contributed by atoms with van der Waals surface area (Å²) in [4.78, 5) is 4.62. The summed E-state index contributed by atoms with van der Waals surface area (Å²) in [6, 6.07) is 14.1. The highest BCUT2D eigenvalue weighted by atomic mass is 15.6. The molecule has 7 nitrogen and oxygen atoms in total. The van der Waals surface area contributed by atoms with Crippen molar-refractivity contribution in [2.24, 2.45) is 0 Å². The van der Waals surface area contributed by atoms with Gasteiger partial charge in [-0.3, -0.25) is 0 Å². The molecule has 1 aromatic heterocycles. The van der Waals surface area contributed by atoms with Gasteiger partial charge in [-0.2, -0.15) is 10.4 Å². The molecule has 0 spiro atoms. The van der Waals surface area contributed by atoms with E-state index in [-0.39, 0.29) is 0 Å². The van der Waals surface area contributed by atoms with Crippen molar-refractivity contribution >= 4 is 11.5 Å².